The molecule has 0 fully saturated rings. The van der Waals surface area contributed by atoms with Gasteiger partial charge < -0.3 is 15.7 Å². The van der Waals surface area contributed by atoms with Gasteiger partial charge in [-0.1, -0.05) is 30.3 Å². The van der Waals surface area contributed by atoms with Gasteiger partial charge in [-0.15, -0.1) is 0 Å². The van der Waals surface area contributed by atoms with Crippen molar-refractivity contribution in [2.45, 2.75) is 6.92 Å². The van der Waals surface area contributed by atoms with Crippen molar-refractivity contribution in [3.05, 3.63) is 84.3 Å². The van der Waals surface area contributed by atoms with Crippen LogP contribution >= 0.6 is 0 Å². The Morgan fingerprint density at radius 3 is 2.50 bits per heavy atom. The molecule has 1 amide bonds. The SMILES string of the molecule is Cc1ccccc1Nc1ncc(-c2cnn(C)c2)cc1NC(=O)c1ccccc1O. The van der Waals surface area contributed by atoms with Crippen LogP contribution < -0.4 is 10.6 Å². The summed E-state index contributed by atoms with van der Waals surface area (Å²) in [6, 6.07) is 16.1. The standard InChI is InChI=1S/C23H21N5O2/c1-15-7-3-5-9-19(15)26-22-20(27-23(30)18-8-4-6-10-21(18)29)11-16(12-24-22)17-13-25-28(2)14-17/h3-14,29H,1-2H3,(H,24,26)(H,27,30). The maximum Gasteiger partial charge on any atom is 0.259 e. The number of aromatic nitrogens is 3. The molecule has 0 saturated heterocycles. The molecule has 4 aromatic rings. The van der Waals surface area contributed by atoms with Gasteiger partial charge in [0.15, 0.2) is 5.82 Å². The van der Waals surface area contributed by atoms with E-state index in [4.69, 9.17) is 0 Å². The molecule has 0 spiro atoms. The number of hydrogen-bond acceptors (Lipinski definition) is 5. The van der Waals surface area contributed by atoms with Crippen molar-refractivity contribution in [3.8, 4) is 16.9 Å². The van der Waals surface area contributed by atoms with Gasteiger partial charge in [-0.05, 0) is 36.8 Å². The number of rotatable bonds is 5. The number of phenolic OH excluding ortho intramolecular Hbond substituents is 1. The highest BCUT2D eigenvalue weighted by atomic mass is 16.3. The largest absolute Gasteiger partial charge is 0.507 e. The van der Waals surface area contributed by atoms with Crippen LogP contribution in [0.2, 0.25) is 0 Å². The minimum Gasteiger partial charge on any atom is -0.507 e. The Bertz CT molecular complexity index is 1220. The molecule has 0 atom stereocenters. The van der Waals surface area contributed by atoms with Crippen molar-refractivity contribution in [1.82, 2.24) is 14.8 Å². The topological polar surface area (TPSA) is 92.1 Å². The van der Waals surface area contributed by atoms with E-state index >= 15 is 0 Å². The number of phenols is 1. The number of nitrogens with one attached hydrogen (secondary N) is 2. The van der Waals surface area contributed by atoms with Gasteiger partial charge in [0, 0.05) is 36.3 Å². The van der Waals surface area contributed by atoms with Crippen LogP contribution in [0.25, 0.3) is 11.1 Å². The Balaban J connectivity index is 1.73. The molecule has 150 valence electrons. The molecule has 0 aliphatic carbocycles. The first-order valence-electron chi connectivity index (χ1n) is 9.42. The molecular formula is C23H21N5O2. The summed E-state index contributed by atoms with van der Waals surface area (Å²) in [6.07, 6.45) is 5.34. The van der Waals surface area contributed by atoms with Gasteiger partial charge in [0.2, 0.25) is 0 Å². The minimum atomic E-state index is -0.425. The van der Waals surface area contributed by atoms with Crippen molar-refractivity contribution in [3.63, 3.8) is 0 Å². The first-order chi connectivity index (χ1) is 14.5. The highest BCUT2D eigenvalue weighted by Gasteiger charge is 2.15. The molecular weight excluding hydrogens is 378 g/mol. The molecule has 2 aromatic carbocycles. The number of nitrogens with zero attached hydrogens (tertiary/aromatic N) is 3. The Morgan fingerprint density at radius 1 is 1.00 bits per heavy atom. The van der Waals surface area contributed by atoms with Gasteiger partial charge >= 0.3 is 0 Å². The maximum absolute atomic E-state index is 12.8. The molecule has 0 radical (unpaired) electrons. The third kappa shape index (κ3) is 4.00. The summed E-state index contributed by atoms with van der Waals surface area (Å²) in [6.45, 7) is 1.99. The molecule has 2 heterocycles. The number of benzene rings is 2. The van der Waals surface area contributed by atoms with Crippen LogP contribution in [0.15, 0.2) is 73.2 Å². The average Bonchev–Trinajstić information content (AvgIpc) is 3.17. The van der Waals surface area contributed by atoms with E-state index in [0.717, 1.165) is 22.4 Å². The van der Waals surface area contributed by atoms with Gasteiger partial charge in [-0.25, -0.2) is 4.98 Å². The lowest BCUT2D eigenvalue weighted by molar-refractivity contribution is 0.102. The van der Waals surface area contributed by atoms with E-state index in [1.54, 1.807) is 35.3 Å². The lowest BCUT2D eigenvalue weighted by Crippen LogP contribution is -2.14. The van der Waals surface area contributed by atoms with Gasteiger partial charge in [0.05, 0.1) is 17.4 Å². The molecule has 0 bridgehead atoms. The molecule has 7 heteroatoms. The summed E-state index contributed by atoms with van der Waals surface area (Å²) in [5.74, 6) is -0.00781. The van der Waals surface area contributed by atoms with Gasteiger partial charge in [-0.2, -0.15) is 5.10 Å². The number of amides is 1. The highest BCUT2D eigenvalue weighted by molar-refractivity contribution is 6.07. The number of hydrogen-bond donors (Lipinski definition) is 3. The molecule has 0 unspecified atom stereocenters. The van der Waals surface area contributed by atoms with Crippen LogP contribution in [-0.4, -0.2) is 25.8 Å². The molecule has 2 aromatic heterocycles. The zero-order valence-electron chi connectivity index (χ0n) is 16.6. The minimum absolute atomic E-state index is 0.0835. The van der Waals surface area contributed by atoms with Gasteiger partial charge in [0.1, 0.15) is 5.75 Å². The number of anilines is 3. The first kappa shape index (κ1) is 19.2. The Labute approximate surface area is 174 Å². The van der Waals surface area contributed by atoms with Crippen molar-refractivity contribution in [1.29, 1.82) is 0 Å². The van der Waals surface area contributed by atoms with Crippen LogP contribution in [0.4, 0.5) is 17.2 Å². The molecule has 7 nitrogen and oxygen atoms in total. The molecule has 4 rings (SSSR count). The average molecular weight is 399 g/mol. The predicted octanol–water partition coefficient (Wildman–Crippen LogP) is 4.49. The summed E-state index contributed by atoms with van der Waals surface area (Å²) < 4.78 is 1.70. The number of pyridine rings is 1. The molecule has 0 aliphatic rings. The summed E-state index contributed by atoms with van der Waals surface area (Å²) in [4.78, 5) is 17.4. The molecule has 0 aliphatic heterocycles. The summed E-state index contributed by atoms with van der Waals surface area (Å²) in [5.41, 5.74) is 4.31. The van der Waals surface area contributed by atoms with Gasteiger partial charge in [-0.3, -0.25) is 9.48 Å². The van der Waals surface area contributed by atoms with Crippen LogP contribution in [0.5, 0.6) is 5.75 Å². The normalized spacial score (nSPS) is 10.6. The van der Waals surface area contributed by atoms with E-state index in [9.17, 15) is 9.90 Å². The van der Waals surface area contributed by atoms with Crippen molar-refractivity contribution in [2.75, 3.05) is 10.6 Å². The number of para-hydroxylation sites is 2. The number of aromatic hydroxyl groups is 1. The number of carbonyl (C=O) groups is 1. The number of carbonyl (C=O) groups excluding carboxylic acids is 1. The fourth-order valence-corrected chi connectivity index (χ4v) is 3.08. The maximum atomic E-state index is 12.8. The second kappa shape index (κ2) is 8.08. The second-order valence-corrected chi connectivity index (χ2v) is 6.93. The fourth-order valence-electron chi connectivity index (χ4n) is 3.08. The lowest BCUT2D eigenvalue weighted by atomic mass is 10.1. The Morgan fingerprint density at radius 2 is 1.77 bits per heavy atom. The van der Waals surface area contributed by atoms with E-state index in [-0.39, 0.29) is 11.3 Å². The monoisotopic (exact) mass is 399 g/mol. The van der Waals surface area contributed by atoms with Crippen molar-refractivity contribution < 1.29 is 9.90 Å². The number of aryl methyl sites for hydroxylation is 2. The zero-order chi connectivity index (χ0) is 21.1. The Kier molecular flexibility index (Phi) is 5.17. The third-order valence-electron chi connectivity index (χ3n) is 4.72. The fraction of sp³-hybridized carbons (Fsp3) is 0.0870. The van der Waals surface area contributed by atoms with E-state index < -0.39 is 5.91 Å². The highest BCUT2D eigenvalue weighted by Crippen LogP contribution is 2.30. The zero-order valence-corrected chi connectivity index (χ0v) is 16.6. The van der Waals surface area contributed by atoms with Crippen molar-refractivity contribution >= 4 is 23.1 Å². The molecule has 30 heavy (non-hydrogen) atoms. The van der Waals surface area contributed by atoms with Crippen molar-refractivity contribution in [2.24, 2.45) is 7.05 Å². The summed E-state index contributed by atoms with van der Waals surface area (Å²) >= 11 is 0. The molecule has 3 N–H and O–H groups in total. The van der Waals surface area contributed by atoms with Crippen LogP contribution in [0.3, 0.4) is 0 Å². The summed E-state index contributed by atoms with van der Waals surface area (Å²) in [7, 11) is 1.84. The first-order valence-corrected chi connectivity index (χ1v) is 9.42. The van der Waals surface area contributed by atoms with E-state index in [1.807, 2.05) is 50.5 Å². The Hall–Kier alpha value is -4.13. The lowest BCUT2D eigenvalue weighted by Gasteiger charge is -2.15. The van der Waals surface area contributed by atoms with E-state index in [1.165, 1.54) is 6.07 Å². The van der Waals surface area contributed by atoms with Crippen LogP contribution in [-0.2, 0) is 7.05 Å². The predicted molar refractivity (Wildman–Crippen MR) is 117 cm³/mol. The van der Waals surface area contributed by atoms with E-state index in [0.29, 0.717) is 11.5 Å². The second-order valence-electron chi connectivity index (χ2n) is 6.93. The van der Waals surface area contributed by atoms with Crippen LogP contribution in [0.1, 0.15) is 15.9 Å². The summed E-state index contributed by atoms with van der Waals surface area (Å²) in [5, 5.41) is 20.4. The third-order valence-corrected chi connectivity index (χ3v) is 4.72. The quantitative estimate of drug-likeness (QED) is 0.460. The van der Waals surface area contributed by atoms with Crippen LogP contribution in [0, 0.1) is 6.92 Å². The van der Waals surface area contributed by atoms with E-state index in [2.05, 4.69) is 20.7 Å². The molecule has 0 saturated carbocycles. The smallest absolute Gasteiger partial charge is 0.259 e. The van der Waals surface area contributed by atoms with Gasteiger partial charge in [0.25, 0.3) is 5.91 Å².